The standard InChI is InChI=1S/C10H9ClN4/c1-6-7(5-12)9(11)14-10(15(3)4)8(6)13-2/h1,3-4H3. The average Bonchev–Trinajstić information content (AvgIpc) is 2.17. The topological polar surface area (TPSA) is 44.3 Å². The second kappa shape index (κ2) is 4.16. The van der Waals surface area contributed by atoms with E-state index >= 15 is 0 Å². The zero-order valence-corrected chi connectivity index (χ0v) is 9.42. The molecule has 4 nitrogen and oxygen atoms in total. The third-order valence-corrected chi connectivity index (χ3v) is 2.27. The fraction of sp³-hybridized carbons (Fsp3) is 0.300. The van der Waals surface area contributed by atoms with Crippen LogP contribution in [0.3, 0.4) is 0 Å². The number of aromatic nitrogens is 1. The number of hydrogen-bond donors (Lipinski definition) is 0. The smallest absolute Gasteiger partial charge is 0.232 e. The molecule has 0 aliphatic rings. The maximum Gasteiger partial charge on any atom is 0.232 e. The minimum absolute atomic E-state index is 0.145. The molecule has 0 aromatic carbocycles. The summed E-state index contributed by atoms with van der Waals surface area (Å²) in [5.41, 5.74) is 1.23. The van der Waals surface area contributed by atoms with Crippen LogP contribution < -0.4 is 4.90 Å². The van der Waals surface area contributed by atoms with Crippen molar-refractivity contribution in [2.75, 3.05) is 19.0 Å². The number of nitriles is 1. The zero-order chi connectivity index (χ0) is 11.6. The molecule has 0 saturated heterocycles. The number of nitrogens with zero attached hydrogens (tertiary/aromatic N) is 4. The Hall–Kier alpha value is -1.78. The average molecular weight is 221 g/mol. The Morgan fingerprint density at radius 1 is 1.53 bits per heavy atom. The maximum atomic E-state index is 8.86. The summed E-state index contributed by atoms with van der Waals surface area (Å²) in [7, 11) is 3.55. The molecule has 76 valence electrons. The minimum Gasteiger partial charge on any atom is -0.371 e. The van der Waals surface area contributed by atoms with Crippen molar-refractivity contribution in [3.05, 3.63) is 27.7 Å². The van der Waals surface area contributed by atoms with Gasteiger partial charge in [0.2, 0.25) is 5.69 Å². The number of halogens is 1. The van der Waals surface area contributed by atoms with Gasteiger partial charge in [-0.3, -0.25) is 0 Å². The van der Waals surface area contributed by atoms with Gasteiger partial charge in [0.05, 0.1) is 12.1 Å². The molecule has 0 saturated carbocycles. The molecule has 0 unspecified atom stereocenters. The second-order valence-corrected chi connectivity index (χ2v) is 3.55. The molecule has 0 bridgehead atoms. The highest BCUT2D eigenvalue weighted by molar-refractivity contribution is 6.31. The Balaban J connectivity index is 3.63. The summed E-state index contributed by atoms with van der Waals surface area (Å²) >= 11 is 5.84. The lowest BCUT2D eigenvalue weighted by atomic mass is 10.1. The van der Waals surface area contributed by atoms with Gasteiger partial charge in [0.15, 0.2) is 0 Å². The molecule has 0 fully saturated rings. The zero-order valence-electron chi connectivity index (χ0n) is 8.67. The van der Waals surface area contributed by atoms with Crippen LogP contribution in [0.25, 0.3) is 4.85 Å². The second-order valence-electron chi connectivity index (χ2n) is 3.19. The van der Waals surface area contributed by atoms with Crippen molar-refractivity contribution in [1.29, 1.82) is 5.26 Å². The van der Waals surface area contributed by atoms with Gasteiger partial charge in [-0.1, -0.05) is 11.6 Å². The maximum absolute atomic E-state index is 8.86. The number of anilines is 1. The third kappa shape index (κ3) is 1.86. The van der Waals surface area contributed by atoms with E-state index < -0.39 is 0 Å². The Morgan fingerprint density at radius 2 is 2.13 bits per heavy atom. The van der Waals surface area contributed by atoms with E-state index in [1.165, 1.54) is 0 Å². The molecule has 0 atom stereocenters. The van der Waals surface area contributed by atoms with Crippen LogP contribution in [-0.4, -0.2) is 19.1 Å². The lowest BCUT2D eigenvalue weighted by Gasteiger charge is -2.15. The van der Waals surface area contributed by atoms with Crippen LogP contribution in [0.5, 0.6) is 0 Å². The van der Waals surface area contributed by atoms with Gasteiger partial charge in [-0.25, -0.2) is 9.83 Å². The van der Waals surface area contributed by atoms with Gasteiger partial charge in [0.1, 0.15) is 17.0 Å². The minimum atomic E-state index is 0.145. The highest BCUT2D eigenvalue weighted by Gasteiger charge is 2.16. The lowest BCUT2D eigenvalue weighted by Crippen LogP contribution is -2.12. The quantitative estimate of drug-likeness (QED) is 0.540. The fourth-order valence-electron chi connectivity index (χ4n) is 1.22. The summed E-state index contributed by atoms with van der Waals surface area (Å²) in [5.74, 6) is 0.492. The van der Waals surface area contributed by atoms with Gasteiger partial charge in [0.25, 0.3) is 0 Å². The molecule has 0 radical (unpaired) electrons. The summed E-state index contributed by atoms with van der Waals surface area (Å²) in [6.07, 6.45) is 0. The number of pyridine rings is 1. The molecule has 0 amide bonds. The van der Waals surface area contributed by atoms with Crippen LogP contribution in [0.15, 0.2) is 0 Å². The van der Waals surface area contributed by atoms with Gasteiger partial charge < -0.3 is 4.90 Å². The molecule has 15 heavy (non-hydrogen) atoms. The van der Waals surface area contributed by atoms with E-state index in [0.717, 1.165) is 0 Å². The molecule has 5 heteroatoms. The first-order chi connectivity index (χ1) is 7.02. The van der Waals surface area contributed by atoms with Crippen molar-refractivity contribution in [2.45, 2.75) is 6.92 Å². The molecular weight excluding hydrogens is 212 g/mol. The van der Waals surface area contributed by atoms with Crippen LogP contribution in [0, 0.1) is 24.8 Å². The molecule has 0 spiro atoms. The van der Waals surface area contributed by atoms with Gasteiger partial charge in [-0.05, 0) is 12.5 Å². The van der Waals surface area contributed by atoms with E-state index in [2.05, 4.69) is 9.83 Å². The van der Waals surface area contributed by atoms with Gasteiger partial charge in [-0.2, -0.15) is 5.26 Å². The third-order valence-electron chi connectivity index (χ3n) is 2.00. The van der Waals surface area contributed by atoms with E-state index in [1.54, 1.807) is 25.9 Å². The summed E-state index contributed by atoms with van der Waals surface area (Å²) in [4.78, 5) is 9.11. The molecule has 1 aromatic rings. The molecule has 1 rings (SSSR count). The molecule has 1 heterocycles. The SMILES string of the molecule is [C-]#[N+]c1c(N(C)C)nc(Cl)c(C#N)c1C. The van der Waals surface area contributed by atoms with E-state index in [0.29, 0.717) is 17.1 Å². The normalized spacial score (nSPS) is 9.20. The molecule has 1 aromatic heterocycles. The summed E-state index contributed by atoms with van der Waals surface area (Å²) in [6.45, 7) is 8.77. The fourth-order valence-corrected chi connectivity index (χ4v) is 1.48. The van der Waals surface area contributed by atoms with Crippen molar-refractivity contribution >= 4 is 23.1 Å². The van der Waals surface area contributed by atoms with E-state index in [1.807, 2.05) is 6.07 Å². The van der Waals surface area contributed by atoms with Crippen molar-refractivity contribution in [1.82, 2.24) is 4.98 Å². The monoisotopic (exact) mass is 220 g/mol. The predicted octanol–water partition coefficient (Wildman–Crippen LogP) is 2.53. The first kappa shape index (κ1) is 11.3. The van der Waals surface area contributed by atoms with E-state index in [9.17, 15) is 0 Å². The largest absolute Gasteiger partial charge is 0.371 e. The van der Waals surface area contributed by atoms with Crippen molar-refractivity contribution in [3.63, 3.8) is 0 Å². The summed E-state index contributed by atoms with van der Waals surface area (Å²) in [6, 6.07) is 1.95. The van der Waals surface area contributed by atoms with Crippen LogP contribution >= 0.6 is 11.6 Å². The first-order valence-corrected chi connectivity index (χ1v) is 4.55. The van der Waals surface area contributed by atoms with Crippen molar-refractivity contribution in [3.8, 4) is 6.07 Å². The Kier molecular flexibility index (Phi) is 3.14. The van der Waals surface area contributed by atoms with Crippen LogP contribution in [0.2, 0.25) is 5.15 Å². The molecule has 0 aliphatic heterocycles. The molecule has 0 aliphatic carbocycles. The Bertz CT molecular complexity index is 480. The van der Waals surface area contributed by atoms with Crippen molar-refractivity contribution in [2.24, 2.45) is 0 Å². The highest BCUT2D eigenvalue weighted by atomic mass is 35.5. The van der Waals surface area contributed by atoms with Crippen molar-refractivity contribution < 1.29 is 0 Å². The lowest BCUT2D eigenvalue weighted by molar-refractivity contribution is 1.06. The van der Waals surface area contributed by atoms with Gasteiger partial charge in [-0.15, -0.1) is 0 Å². The van der Waals surface area contributed by atoms with E-state index in [4.69, 9.17) is 23.4 Å². The highest BCUT2D eigenvalue weighted by Crippen LogP contribution is 2.34. The van der Waals surface area contributed by atoms with Gasteiger partial charge in [0, 0.05) is 14.1 Å². The molecule has 0 N–H and O–H groups in total. The Morgan fingerprint density at radius 3 is 2.53 bits per heavy atom. The van der Waals surface area contributed by atoms with E-state index in [-0.39, 0.29) is 10.7 Å². The number of rotatable bonds is 1. The van der Waals surface area contributed by atoms with Crippen LogP contribution in [0.1, 0.15) is 11.1 Å². The number of hydrogen-bond acceptors (Lipinski definition) is 3. The van der Waals surface area contributed by atoms with Gasteiger partial charge >= 0.3 is 0 Å². The van der Waals surface area contributed by atoms with Crippen LogP contribution in [-0.2, 0) is 0 Å². The summed E-state index contributed by atoms with van der Waals surface area (Å²) in [5, 5.41) is 9.00. The van der Waals surface area contributed by atoms with Crippen LogP contribution in [0.4, 0.5) is 11.5 Å². The predicted molar refractivity (Wildman–Crippen MR) is 59.3 cm³/mol. The first-order valence-electron chi connectivity index (χ1n) is 4.18. The Labute approximate surface area is 93.5 Å². The molecular formula is C10H9ClN4. The summed E-state index contributed by atoms with van der Waals surface area (Å²) < 4.78 is 0.